The molecule has 2 aliphatic carbocycles. The molecule has 47 heavy (non-hydrogen) atoms. The van der Waals surface area contributed by atoms with Gasteiger partial charge in [-0.25, -0.2) is 25.1 Å². The number of aromatic nitrogens is 4. The predicted octanol–water partition coefficient (Wildman–Crippen LogP) is 5.73. The van der Waals surface area contributed by atoms with Crippen LogP contribution in [0.4, 0.5) is 5.82 Å². The Labute approximate surface area is 279 Å². The maximum Gasteiger partial charge on any atom is 0.326 e. The molecule has 1 atom stereocenters. The van der Waals surface area contributed by atoms with E-state index >= 15 is 0 Å². The summed E-state index contributed by atoms with van der Waals surface area (Å²) in [5.74, 6) is 0.379. The Bertz CT molecular complexity index is 1320. The van der Waals surface area contributed by atoms with Crippen molar-refractivity contribution in [3.63, 3.8) is 0 Å². The number of esters is 2. The molecule has 14 heteroatoms. The Balaban J connectivity index is 1.40. The Kier molecular flexibility index (Phi) is 13.2. The van der Waals surface area contributed by atoms with Crippen molar-refractivity contribution < 1.29 is 28.4 Å². The van der Waals surface area contributed by atoms with Gasteiger partial charge in [-0.3, -0.25) is 14.2 Å². The van der Waals surface area contributed by atoms with E-state index in [9.17, 15) is 14.2 Å². The molecule has 0 amide bonds. The minimum Gasteiger partial charge on any atom is -0.464 e. The lowest BCUT2D eigenvalue weighted by Gasteiger charge is -2.35. The summed E-state index contributed by atoms with van der Waals surface area (Å²) in [6.07, 6.45) is 15.9. The van der Waals surface area contributed by atoms with E-state index in [1.165, 1.54) is 44.9 Å². The SMILES string of the molecule is C[C@H](Cn1cnc2c(N)ncnc21)OCP(=O)(NC(C)(C)C(=O)OCCC1CCCCC1)NC(C)(C)C(=O)OCCC1CCCCC1. The smallest absolute Gasteiger partial charge is 0.326 e. The van der Waals surface area contributed by atoms with Gasteiger partial charge in [-0.1, -0.05) is 64.2 Å². The number of nitrogen functional groups attached to an aromatic ring is 1. The summed E-state index contributed by atoms with van der Waals surface area (Å²) in [6.45, 7) is 9.31. The molecule has 4 rings (SSSR count). The first-order valence-corrected chi connectivity index (χ1v) is 19.2. The molecule has 0 spiro atoms. The summed E-state index contributed by atoms with van der Waals surface area (Å²) < 4.78 is 33.9. The number of anilines is 1. The van der Waals surface area contributed by atoms with Gasteiger partial charge >= 0.3 is 11.9 Å². The van der Waals surface area contributed by atoms with Crippen molar-refractivity contribution in [2.45, 2.75) is 135 Å². The molecule has 0 bridgehead atoms. The molecule has 0 saturated heterocycles. The number of ether oxygens (including phenoxy) is 3. The number of carbonyl (C=O) groups is 2. The van der Waals surface area contributed by atoms with E-state index < -0.39 is 36.6 Å². The Hall–Kier alpha value is -2.60. The zero-order valence-electron chi connectivity index (χ0n) is 29.0. The fraction of sp³-hybridized carbons (Fsp3) is 0.788. The van der Waals surface area contributed by atoms with Gasteiger partial charge in [-0.15, -0.1) is 0 Å². The van der Waals surface area contributed by atoms with Gasteiger partial charge in [-0.05, 0) is 59.3 Å². The molecule has 2 heterocycles. The molecule has 13 nitrogen and oxygen atoms in total. The maximum atomic E-state index is 14.6. The van der Waals surface area contributed by atoms with Crippen molar-refractivity contribution in [2.75, 3.05) is 25.3 Å². The third-order valence-electron chi connectivity index (χ3n) is 9.33. The summed E-state index contributed by atoms with van der Waals surface area (Å²) in [4.78, 5) is 39.1. The van der Waals surface area contributed by atoms with Crippen LogP contribution in [0.3, 0.4) is 0 Å². The zero-order chi connectivity index (χ0) is 34.1. The number of rotatable bonds is 17. The van der Waals surface area contributed by atoms with Crippen LogP contribution >= 0.6 is 7.44 Å². The highest BCUT2D eigenvalue weighted by Crippen LogP contribution is 2.42. The predicted molar refractivity (Wildman–Crippen MR) is 181 cm³/mol. The van der Waals surface area contributed by atoms with Crippen LogP contribution in [0.2, 0.25) is 0 Å². The molecule has 0 radical (unpaired) electrons. The molecule has 4 N–H and O–H groups in total. The lowest BCUT2D eigenvalue weighted by Crippen LogP contribution is -2.54. The van der Waals surface area contributed by atoms with Crippen molar-refractivity contribution in [1.82, 2.24) is 29.7 Å². The number of fused-ring (bicyclic) bond motifs is 1. The van der Waals surface area contributed by atoms with Crippen LogP contribution in [-0.4, -0.2) is 68.2 Å². The van der Waals surface area contributed by atoms with E-state index in [0.717, 1.165) is 38.5 Å². The van der Waals surface area contributed by atoms with Crippen molar-refractivity contribution in [3.05, 3.63) is 12.7 Å². The minimum absolute atomic E-state index is 0.279. The first-order valence-electron chi connectivity index (χ1n) is 17.3. The van der Waals surface area contributed by atoms with Crippen LogP contribution in [0.1, 0.15) is 112 Å². The van der Waals surface area contributed by atoms with E-state index in [2.05, 4.69) is 25.1 Å². The van der Waals surface area contributed by atoms with E-state index in [-0.39, 0.29) is 12.2 Å². The highest BCUT2D eigenvalue weighted by Gasteiger charge is 2.43. The topological polar surface area (TPSA) is 173 Å². The molecular formula is C33H56N7O6P. The Morgan fingerprint density at radius 2 is 1.40 bits per heavy atom. The van der Waals surface area contributed by atoms with Gasteiger partial charge in [0.1, 0.15) is 29.3 Å². The first-order chi connectivity index (χ1) is 22.3. The van der Waals surface area contributed by atoms with Gasteiger partial charge < -0.3 is 24.5 Å². The average Bonchev–Trinajstić information content (AvgIpc) is 3.44. The van der Waals surface area contributed by atoms with Gasteiger partial charge in [0, 0.05) is 0 Å². The second-order valence-electron chi connectivity index (χ2n) is 14.5. The molecular weight excluding hydrogens is 621 g/mol. The fourth-order valence-corrected chi connectivity index (χ4v) is 9.27. The van der Waals surface area contributed by atoms with Gasteiger partial charge in [0.25, 0.3) is 0 Å². The number of imidazole rings is 1. The van der Waals surface area contributed by atoms with Gasteiger partial charge in [0.15, 0.2) is 11.5 Å². The number of carbonyl (C=O) groups excluding carboxylic acids is 2. The number of hydrogen-bond acceptors (Lipinski definition) is 10. The lowest BCUT2D eigenvalue weighted by atomic mass is 9.87. The van der Waals surface area contributed by atoms with Crippen LogP contribution in [0.15, 0.2) is 12.7 Å². The summed E-state index contributed by atoms with van der Waals surface area (Å²) in [5.41, 5.74) is 4.30. The molecule has 2 aromatic heterocycles. The monoisotopic (exact) mass is 677 g/mol. The van der Waals surface area contributed by atoms with Gasteiger partial charge in [0.2, 0.25) is 7.44 Å². The van der Waals surface area contributed by atoms with E-state index in [0.29, 0.717) is 42.8 Å². The first kappa shape index (κ1) is 37.2. The Morgan fingerprint density at radius 3 is 1.91 bits per heavy atom. The number of hydrogen-bond donors (Lipinski definition) is 3. The fourth-order valence-electron chi connectivity index (χ4n) is 6.63. The molecule has 264 valence electrons. The molecule has 2 aliphatic rings. The van der Waals surface area contributed by atoms with Gasteiger partial charge in [0.05, 0.1) is 32.2 Å². The largest absolute Gasteiger partial charge is 0.464 e. The summed E-state index contributed by atoms with van der Waals surface area (Å²) in [6, 6.07) is 0. The van der Waals surface area contributed by atoms with Crippen LogP contribution in [0.5, 0.6) is 0 Å². The second kappa shape index (κ2) is 16.7. The van der Waals surface area contributed by atoms with Crippen LogP contribution in [-0.2, 0) is 34.9 Å². The third-order valence-corrected chi connectivity index (χ3v) is 11.7. The van der Waals surface area contributed by atoms with Crippen molar-refractivity contribution in [3.8, 4) is 0 Å². The summed E-state index contributed by atoms with van der Waals surface area (Å²) >= 11 is 0. The average molecular weight is 678 g/mol. The third kappa shape index (κ3) is 11.0. The van der Waals surface area contributed by atoms with E-state index in [1.54, 1.807) is 38.6 Å². The van der Waals surface area contributed by atoms with E-state index in [4.69, 9.17) is 19.9 Å². The summed E-state index contributed by atoms with van der Waals surface area (Å²) in [7, 11) is -3.78. The highest BCUT2D eigenvalue weighted by molar-refractivity contribution is 7.59. The molecule has 0 aromatic carbocycles. The number of nitrogens with two attached hydrogens (primary N) is 1. The molecule has 0 aliphatic heterocycles. The molecule has 2 aromatic rings. The minimum atomic E-state index is -3.78. The maximum absolute atomic E-state index is 14.6. The quantitative estimate of drug-likeness (QED) is 0.137. The van der Waals surface area contributed by atoms with Crippen molar-refractivity contribution in [2.24, 2.45) is 11.8 Å². The number of nitrogens with one attached hydrogen (secondary N) is 2. The van der Waals surface area contributed by atoms with E-state index in [1.807, 2.05) is 6.92 Å². The summed E-state index contributed by atoms with van der Waals surface area (Å²) in [5, 5.41) is 6.02. The van der Waals surface area contributed by atoms with Crippen molar-refractivity contribution in [1.29, 1.82) is 0 Å². The zero-order valence-corrected chi connectivity index (χ0v) is 29.9. The molecule has 2 fully saturated rings. The molecule has 0 unspecified atom stereocenters. The second-order valence-corrected chi connectivity index (χ2v) is 16.7. The molecule has 2 saturated carbocycles. The van der Waals surface area contributed by atoms with Crippen LogP contribution in [0, 0.1) is 11.8 Å². The number of nitrogens with zero attached hydrogens (tertiary/aromatic N) is 4. The Morgan fingerprint density at radius 1 is 0.894 bits per heavy atom. The van der Waals surface area contributed by atoms with Crippen molar-refractivity contribution >= 4 is 36.4 Å². The standard InChI is InChI=1S/C33H56N7O6P/c1-24(20-40-22-37-27-28(34)35-21-36-29(27)40)46-23-47(43,38-32(2,3)30(41)44-18-16-25-12-8-6-9-13-25)39-33(4,5)31(42)45-19-17-26-14-10-7-11-15-26/h21-22,24-26H,6-20,23H2,1-5H3,(H2,34,35,36)(H2,38,39,43)/t24-/m1/s1. The van der Waals surface area contributed by atoms with Crippen LogP contribution < -0.4 is 15.9 Å². The van der Waals surface area contributed by atoms with Crippen LogP contribution in [0.25, 0.3) is 11.2 Å². The van der Waals surface area contributed by atoms with Gasteiger partial charge in [-0.2, -0.15) is 0 Å². The normalized spacial score (nSPS) is 17.9. The highest BCUT2D eigenvalue weighted by atomic mass is 31.2. The lowest BCUT2D eigenvalue weighted by molar-refractivity contribution is -0.150.